The molecular weight excluding hydrogens is 144 g/mol. The van der Waals surface area contributed by atoms with Crippen molar-refractivity contribution in [2.45, 2.75) is 26.7 Å². The Kier molecular flexibility index (Phi) is 9.10. The number of hydrogen-bond donors (Lipinski definition) is 0. The van der Waals surface area contributed by atoms with Gasteiger partial charge in [0.25, 0.3) is 0 Å². The molecule has 12 heavy (non-hydrogen) atoms. The summed E-state index contributed by atoms with van der Waals surface area (Å²) in [6.07, 6.45) is 18.9. The van der Waals surface area contributed by atoms with Gasteiger partial charge in [-0.1, -0.05) is 48.6 Å². The zero-order chi connectivity index (χ0) is 9.07. The summed E-state index contributed by atoms with van der Waals surface area (Å²) in [5.41, 5.74) is 0. The average Bonchev–Trinajstić information content (AvgIpc) is 2.10. The molecule has 0 bridgehead atoms. The first-order valence-corrected chi connectivity index (χ1v) is 4.47. The van der Waals surface area contributed by atoms with Gasteiger partial charge in [0.15, 0.2) is 0 Å². The maximum absolute atomic E-state index is 2.18. The van der Waals surface area contributed by atoms with Gasteiger partial charge in [-0.25, -0.2) is 0 Å². The number of unbranched alkanes of at least 4 members (excludes halogenated alkanes) is 1. The Balaban J connectivity index is 3.36. The lowest BCUT2D eigenvalue weighted by Gasteiger charge is -1.82. The van der Waals surface area contributed by atoms with Gasteiger partial charge in [0.05, 0.1) is 0 Å². The largest absolute Gasteiger partial charge is 0.0917 e. The first kappa shape index (κ1) is 11.0. The molecule has 0 aliphatic heterocycles. The van der Waals surface area contributed by atoms with Crippen molar-refractivity contribution in [3.05, 3.63) is 48.6 Å². The van der Waals surface area contributed by atoms with Gasteiger partial charge in [0.2, 0.25) is 0 Å². The molecular formula is C12H18. The van der Waals surface area contributed by atoms with E-state index in [1.165, 1.54) is 0 Å². The molecule has 0 rings (SSSR count). The Hall–Kier alpha value is -1.04. The predicted molar refractivity (Wildman–Crippen MR) is 57.1 cm³/mol. The molecule has 0 atom stereocenters. The summed E-state index contributed by atoms with van der Waals surface area (Å²) in [5.74, 6) is 0. The summed E-state index contributed by atoms with van der Waals surface area (Å²) in [6.45, 7) is 4.07. The summed E-state index contributed by atoms with van der Waals surface area (Å²) in [4.78, 5) is 0. The lowest BCUT2D eigenvalue weighted by Crippen LogP contribution is -1.62. The summed E-state index contributed by atoms with van der Waals surface area (Å²) < 4.78 is 0. The van der Waals surface area contributed by atoms with E-state index in [1.807, 2.05) is 25.2 Å². The molecule has 0 saturated carbocycles. The minimum Gasteiger partial charge on any atom is -0.0917 e. The highest BCUT2D eigenvalue weighted by atomic mass is 13.8. The molecule has 0 saturated heterocycles. The van der Waals surface area contributed by atoms with Crippen molar-refractivity contribution in [1.29, 1.82) is 0 Å². The summed E-state index contributed by atoms with van der Waals surface area (Å²) >= 11 is 0. The Morgan fingerprint density at radius 2 is 1.33 bits per heavy atom. The predicted octanol–water partition coefficient (Wildman–Crippen LogP) is 4.03. The summed E-state index contributed by atoms with van der Waals surface area (Å²) in [6, 6.07) is 0. The quantitative estimate of drug-likeness (QED) is 0.325. The third kappa shape index (κ3) is 8.96. The van der Waals surface area contributed by atoms with Crippen LogP contribution in [-0.4, -0.2) is 0 Å². The van der Waals surface area contributed by atoms with Gasteiger partial charge in [-0.2, -0.15) is 0 Å². The smallest absolute Gasteiger partial charge is 0.0313 e. The van der Waals surface area contributed by atoms with Crippen LogP contribution in [0.15, 0.2) is 48.6 Å². The van der Waals surface area contributed by atoms with Crippen LogP contribution in [-0.2, 0) is 0 Å². The van der Waals surface area contributed by atoms with Crippen LogP contribution >= 0.6 is 0 Å². The highest BCUT2D eigenvalue weighted by Gasteiger charge is 1.72. The van der Waals surface area contributed by atoms with Crippen molar-refractivity contribution in [2.24, 2.45) is 0 Å². The minimum atomic E-state index is 1.13. The molecule has 0 aliphatic rings. The fraction of sp³-hybridized carbons (Fsp3) is 0.333. The fourth-order valence-corrected chi connectivity index (χ4v) is 0.773. The molecule has 0 nitrogen and oxygen atoms in total. The van der Waals surface area contributed by atoms with Crippen LogP contribution < -0.4 is 0 Å². The van der Waals surface area contributed by atoms with Crippen LogP contribution in [0.3, 0.4) is 0 Å². The van der Waals surface area contributed by atoms with Crippen molar-refractivity contribution < 1.29 is 0 Å². The Morgan fingerprint density at radius 1 is 0.667 bits per heavy atom. The van der Waals surface area contributed by atoms with E-state index < -0.39 is 0 Å². The van der Waals surface area contributed by atoms with Crippen molar-refractivity contribution >= 4 is 0 Å². The molecule has 0 heteroatoms. The molecule has 0 aromatic heterocycles. The SMILES string of the molecule is C/C=C/C=C/C=C/CC/C=C/C. The second kappa shape index (κ2) is 9.96. The van der Waals surface area contributed by atoms with Crippen LogP contribution in [0.1, 0.15) is 26.7 Å². The van der Waals surface area contributed by atoms with Crippen molar-refractivity contribution in [1.82, 2.24) is 0 Å². The van der Waals surface area contributed by atoms with E-state index >= 15 is 0 Å². The van der Waals surface area contributed by atoms with Crippen LogP contribution in [0.25, 0.3) is 0 Å². The van der Waals surface area contributed by atoms with Gasteiger partial charge in [-0.15, -0.1) is 0 Å². The number of hydrogen-bond acceptors (Lipinski definition) is 0. The van der Waals surface area contributed by atoms with E-state index in [-0.39, 0.29) is 0 Å². The van der Waals surface area contributed by atoms with Gasteiger partial charge >= 0.3 is 0 Å². The van der Waals surface area contributed by atoms with E-state index in [2.05, 4.69) is 37.3 Å². The van der Waals surface area contributed by atoms with Crippen molar-refractivity contribution in [3.8, 4) is 0 Å². The second-order valence-corrected chi connectivity index (χ2v) is 2.49. The maximum Gasteiger partial charge on any atom is -0.0313 e. The molecule has 0 N–H and O–H groups in total. The zero-order valence-corrected chi connectivity index (χ0v) is 8.03. The Labute approximate surface area is 76.0 Å². The summed E-state index contributed by atoms with van der Waals surface area (Å²) in [7, 11) is 0. The fourth-order valence-electron chi connectivity index (χ4n) is 0.773. The van der Waals surface area contributed by atoms with Crippen LogP contribution in [0.4, 0.5) is 0 Å². The highest BCUT2D eigenvalue weighted by molar-refractivity contribution is 5.10. The van der Waals surface area contributed by atoms with Gasteiger partial charge in [-0.05, 0) is 26.7 Å². The van der Waals surface area contributed by atoms with E-state index in [0.29, 0.717) is 0 Å². The van der Waals surface area contributed by atoms with Crippen molar-refractivity contribution in [3.63, 3.8) is 0 Å². The highest BCUT2D eigenvalue weighted by Crippen LogP contribution is 1.92. The van der Waals surface area contributed by atoms with Crippen LogP contribution in [0, 0.1) is 0 Å². The van der Waals surface area contributed by atoms with E-state index in [1.54, 1.807) is 0 Å². The molecule has 0 aromatic rings. The van der Waals surface area contributed by atoms with Gasteiger partial charge in [-0.3, -0.25) is 0 Å². The summed E-state index contributed by atoms with van der Waals surface area (Å²) in [5, 5.41) is 0. The Morgan fingerprint density at radius 3 is 2.00 bits per heavy atom. The zero-order valence-electron chi connectivity index (χ0n) is 8.03. The third-order valence-corrected chi connectivity index (χ3v) is 1.40. The van der Waals surface area contributed by atoms with Gasteiger partial charge in [0.1, 0.15) is 0 Å². The minimum absolute atomic E-state index is 1.13. The topological polar surface area (TPSA) is 0 Å². The molecule has 0 heterocycles. The molecule has 0 unspecified atom stereocenters. The first-order valence-electron chi connectivity index (χ1n) is 4.47. The maximum atomic E-state index is 2.18. The molecule has 0 aliphatic carbocycles. The lowest BCUT2D eigenvalue weighted by atomic mass is 10.2. The van der Waals surface area contributed by atoms with E-state index in [0.717, 1.165) is 12.8 Å². The Bertz CT molecular complexity index is 180. The second-order valence-electron chi connectivity index (χ2n) is 2.49. The number of rotatable bonds is 5. The van der Waals surface area contributed by atoms with Crippen molar-refractivity contribution in [2.75, 3.05) is 0 Å². The molecule has 66 valence electrons. The van der Waals surface area contributed by atoms with Gasteiger partial charge in [0, 0.05) is 0 Å². The third-order valence-electron chi connectivity index (χ3n) is 1.40. The van der Waals surface area contributed by atoms with E-state index in [4.69, 9.17) is 0 Å². The van der Waals surface area contributed by atoms with Crippen LogP contribution in [0.5, 0.6) is 0 Å². The van der Waals surface area contributed by atoms with Crippen LogP contribution in [0.2, 0.25) is 0 Å². The normalized spacial score (nSPS) is 13.2. The molecule has 0 amide bonds. The molecule has 0 fully saturated rings. The molecule has 0 spiro atoms. The molecule has 0 aromatic carbocycles. The molecule has 0 radical (unpaired) electrons. The first-order chi connectivity index (χ1) is 5.91. The standard InChI is InChI=1S/C12H18/c1-3-5-7-9-11-12-10-8-6-4-2/h3-7,9,11-12H,8,10H2,1-2H3/b5-3+,6-4+,9-7+,12-11+. The average molecular weight is 162 g/mol. The lowest BCUT2D eigenvalue weighted by molar-refractivity contribution is 1.05. The van der Waals surface area contributed by atoms with Gasteiger partial charge < -0.3 is 0 Å². The monoisotopic (exact) mass is 162 g/mol. The van der Waals surface area contributed by atoms with E-state index in [9.17, 15) is 0 Å². The number of allylic oxidation sites excluding steroid dienone is 8.